The zero-order valence-corrected chi connectivity index (χ0v) is 40.2. The molecule has 0 radical (unpaired) electrons. The summed E-state index contributed by atoms with van der Waals surface area (Å²) in [7, 11) is 0. The molecular formula is C68H35N5O3. The van der Waals surface area contributed by atoms with Crippen LogP contribution in [0.5, 0.6) is 0 Å². The third-order valence-corrected chi connectivity index (χ3v) is 15.9. The molecular weight excluding hydrogens is 935 g/mol. The Labute approximate surface area is 430 Å². The number of furan rings is 3. The Kier molecular flexibility index (Phi) is 7.99. The third kappa shape index (κ3) is 5.14. The molecule has 0 bridgehead atoms. The quantitative estimate of drug-likeness (QED) is 0.175. The molecule has 0 amide bonds. The topological polar surface area (TPSA) is 102 Å². The molecule has 0 fully saturated rings. The maximum Gasteiger partial charge on any atom is 0.145 e. The number of para-hydroxylation sites is 6. The smallest absolute Gasteiger partial charge is 0.145 e. The minimum atomic E-state index is 0.319. The summed E-state index contributed by atoms with van der Waals surface area (Å²) in [5, 5.41) is 36.7. The fourth-order valence-electron chi connectivity index (χ4n) is 13.0. The molecule has 0 spiro atoms. The predicted octanol–water partition coefficient (Wildman–Crippen LogP) is 18.1. The van der Waals surface area contributed by atoms with E-state index in [0.29, 0.717) is 33.8 Å². The van der Waals surface area contributed by atoms with E-state index in [4.69, 9.17) is 13.3 Å². The fourth-order valence-corrected chi connectivity index (χ4v) is 13.0. The highest BCUT2D eigenvalue weighted by Crippen LogP contribution is 2.52. The van der Waals surface area contributed by atoms with Gasteiger partial charge in [0.1, 0.15) is 51.2 Å². The number of aromatic nitrogens is 3. The van der Waals surface area contributed by atoms with Crippen molar-refractivity contribution in [1.29, 1.82) is 10.5 Å². The van der Waals surface area contributed by atoms with Gasteiger partial charge in [-0.15, -0.1) is 0 Å². The summed E-state index contributed by atoms with van der Waals surface area (Å²) in [5.41, 5.74) is 13.8. The lowest BCUT2D eigenvalue weighted by Gasteiger charge is -2.26. The van der Waals surface area contributed by atoms with Crippen molar-refractivity contribution < 1.29 is 13.3 Å². The van der Waals surface area contributed by atoms with Crippen LogP contribution in [0.2, 0.25) is 0 Å². The number of hydrogen-bond donors (Lipinski definition) is 0. The van der Waals surface area contributed by atoms with Crippen molar-refractivity contribution in [2.75, 3.05) is 0 Å². The second-order valence-corrected chi connectivity index (χ2v) is 19.6. The minimum Gasteiger partial charge on any atom is -0.456 e. The lowest BCUT2D eigenvalue weighted by molar-refractivity contribution is 0.669. The highest BCUT2D eigenvalue weighted by molar-refractivity contribution is 6.30. The summed E-state index contributed by atoms with van der Waals surface area (Å²) in [6.07, 6.45) is 0. The van der Waals surface area contributed by atoms with E-state index < -0.39 is 0 Å². The Morgan fingerprint density at radius 1 is 0.276 bits per heavy atom. The second-order valence-electron chi connectivity index (χ2n) is 19.6. The first-order valence-electron chi connectivity index (χ1n) is 25.3. The van der Waals surface area contributed by atoms with Crippen molar-refractivity contribution in [3.63, 3.8) is 0 Å². The van der Waals surface area contributed by atoms with Crippen LogP contribution >= 0.6 is 0 Å². The van der Waals surface area contributed by atoms with Gasteiger partial charge in [0.15, 0.2) is 0 Å². The van der Waals surface area contributed by atoms with E-state index in [-0.39, 0.29) is 0 Å². The van der Waals surface area contributed by atoms with E-state index in [9.17, 15) is 10.5 Å². The summed E-state index contributed by atoms with van der Waals surface area (Å²) in [5.74, 6) is 0. The summed E-state index contributed by atoms with van der Waals surface area (Å²) in [6, 6.07) is 78.0. The number of nitriles is 2. The van der Waals surface area contributed by atoms with Gasteiger partial charge in [-0.3, -0.25) is 0 Å². The second kappa shape index (κ2) is 14.9. The van der Waals surface area contributed by atoms with Crippen LogP contribution in [0.4, 0.5) is 0 Å². The number of rotatable bonds is 4. The van der Waals surface area contributed by atoms with Crippen LogP contribution in [0, 0.1) is 22.7 Å². The van der Waals surface area contributed by atoms with Crippen LogP contribution in [0.15, 0.2) is 226 Å². The molecule has 0 aliphatic rings. The minimum absolute atomic E-state index is 0.319. The normalized spacial score (nSPS) is 12.2. The average molecular weight is 970 g/mol. The molecule has 0 aliphatic carbocycles. The molecule has 0 saturated heterocycles. The van der Waals surface area contributed by atoms with Crippen molar-refractivity contribution in [1.82, 2.24) is 13.7 Å². The van der Waals surface area contributed by atoms with Gasteiger partial charge in [0, 0.05) is 64.8 Å². The van der Waals surface area contributed by atoms with E-state index in [1.165, 1.54) is 0 Å². The maximum absolute atomic E-state index is 12.6. The monoisotopic (exact) mass is 969 g/mol. The highest BCUT2D eigenvalue weighted by atomic mass is 16.3. The number of nitrogens with zero attached hydrogens (tertiary/aromatic N) is 5. The lowest BCUT2D eigenvalue weighted by atomic mass is 9.91. The van der Waals surface area contributed by atoms with Gasteiger partial charge in [0.25, 0.3) is 0 Å². The van der Waals surface area contributed by atoms with Gasteiger partial charge in [-0.2, -0.15) is 10.5 Å². The Hall–Kier alpha value is -10.8. The molecule has 17 rings (SSSR count). The maximum atomic E-state index is 12.6. The van der Waals surface area contributed by atoms with Crippen molar-refractivity contribution in [2.45, 2.75) is 0 Å². The summed E-state index contributed by atoms with van der Waals surface area (Å²) in [4.78, 5) is 0. The van der Waals surface area contributed by atoms with Crippen LogP contribution in [0.1, 0.15) is 11.1 Å². The summed E-state index contributed by atoms with van der Waals surface area (Å²) in [6.45, 7) is 0. The van der Waals surface area contributed by atoms with Gasteiger partial charge in [0.2, 0.25) is 0 Å². The molecule has 350 valence electrons. The van der Waals surface area contributed by atoms with Crippen LogP contribution in [0.25, 0.3) is 159 Å². The van der Waals surface area contributed by atoms with E-state index in [2.05, 4.69) is 147 Å². The average Bonchev–Trinajstić information content (AvgIpc) is 4.34. The van der Waals surface area contributed by atoms with Gasteiger partial charge >= 0.3 is 0 Å². The van der Waals surface area contributed by atoms with Crippen LogP contribution in [0.3, 0.4) is 0 Å². The zero-order chi connectivity index (χ0) is 49.9. The van der Waals surface area contributed by atoms with Crippen molar-refractivity contribution >= 4 is 131 Å². The van der Waals surface area contributed by atoms with Gasteiger partial charge < -0.3 is 27.0 Å². The van der Waals surface area contributed by atoms with Gasteiger partial charge in [-0.25, -0.2) is 0 Å². The first-order valence-corrected chi connectivity index (χ1v) is 25.3. The number of fused-ring (bicyclic) bond motifs is 21. The van der Waals surface area contributed by atoms with E-state index >= 15 is 0 Å². The van der Waals surface area contributed by atoms with E-state index in [0.717, 1.165) is 137 Å². The van der Waals surface area contributed by atoms with Gasteiger partial charge in [-0.05, 0) is 78.4 Å². The molecule has 76 heavy (non-hydrogen) atoms. The third-order valence-electron chi connectivity index (χ3n) is 15.9. The molecule has 17 aromatic rings. The molecule has 11 aromatic carbocycles. The Balaban J connectivity index is 1.15. The standard InChI is InChI=1S/C68H35N5O3/c69-36-46-59(38-16-2-1-3-17-38)67(73-49-25-11-5-20-42(49)61-52(73)33-35-58-64(61)45-23-9-15-29-56(45)75-58)66(72-50-26-12-6-21-43(50)62-53(72)31-30-40-39-18-7-13-27-54(39)76-68(40)62)47(37-70)65(46)71-48-24-10-4-19-41(48)60-51(71)32-34-57-63(60)44-22-8-14-28-55(44)74-57/h1-35H. The largest absolute Gasteiger partial charge is 0.456 e. The first-order chi connectivity index (χ1) is 37.7. The zero-order valence-electron chi connectivity index (χ0n) is 40.2. The van der Waals surface area contributed by atoms with Crippen LogP contribution < -0.4 is 0 Å². The van der Waals surface area contributed by atoms with E-state index in [1.54, 1.807) is 0 Å². The molecule has 0 aliphatic heterocycles. The Morgan fingerprint density at radius 3 is 1.25 bits per heavy atom. The van der Waals surface area contributed by atoms with Crippen molar-refractivity contribution in [3.05, 3.63) is 223 Å². The van der Waals surface area contributed by atoms with Crippen molar-refractivity contribution in [2.24, 2.45) is 0 Å². The van der Waals surface area contributed by atoms with Crippen LogP contribution in [-0.4, -0.2) is 13.7 Å². The highest BCUT2D eigenvalue weighted by Gasteiger charge is 2.34. The van der Waals surface area contributed by atoms with Crippen LogP contribution in [-0.2, 0) is 0 Å². The molecule has 6 aromatic heterocycles. The molecule has 8 nitrogen and oxygen atoms in total. The molecule has 0 atom stereocenters. The van der Waals surface area contributed by atoms with Gasteiger partial charge in [-0.1, -0.05) is 140 Å². The predicted molar refractivity (Wildman–Crippen MR) is 306 cm³/mol. The molecule has 0 saturated carbocycles. The molecule has 8 heteroatoms. The Morgan fingerprint density at radius 2 is 0.697 bits per heavy atom. The lowest BCUT2D eigenvalue weighted by Crippen LogP contribution is -2.14. The SMILES string of the molecule is N#Cc1c(-c2ccccc2)c(-n2c3ccccc3c3c4c(ccc32)oc2ccccc24)c(-n2c3ccccc3c3c4oc5ccccc5c4ccc32)c(C#N)c1-n1c2ccccc2c2c3c(ccc21)oc1ccccc13. The fraction of sp³-hybridized carbons (Fsp3) is 0. The summed E-state index contributed by atoms with van der Waals surface area (Å²) < 4.78 is 26.7. The number of benzene rings is 11. The van der Waals surface area contributed by atoms with Gasteiger partial charge in [0.05, 0.1) is 61.1 Å². The molecule has 0 N–H and O–H groups in total. The van der Waals surface area contributed by atoms with Crippen molar-refractivity contribution in [3.8, 4) is 40.3 Å². The first kappa shape index (κ1) is 40.8. The van der Waals surface area contributed by atoms with E-state index in [1.807, 2.05) is 91.0 Å². The summed E-state index contributed by atoms with van der Waals surface area (Å²) >= 11 is 0. The molecule has 0 unspecified atom stereocenters. The Bertz CT molecular complexity index is 5510. The number of hydrogen-bond acceptors (Lipinski definition) is 5. The molecule has 6 heterocycles.